The van der Waals surface area contributed by atoms with Crippen molar-refractivity contribution in [3.63, 3.8) is 0 Å². The van der Waals surface area contributed by atoms with E-state index >= 15 is 0 Å². The van der Waals surface area contributed by atoms with Crippen molar-refractivity contribution in [1.82, 2.24) is 4.98 Å². The molecule has 1 unspecified atom stereocenters. The molecule has 1 aromatic rings. The molecule has 1 aliphatic heterocycles. The van der Waals surface area contributed by atoms with E-state index in [2.05, 4.69) is 4.98 Å². The van der Waals surface area contributed by atoms with Gasteiger partial charge in [0, 0.05) is 5.92 Å². The molecule has 6 nitrogen and oxygen atoms in total. The van der Waals surface area contributed by atoms with Gasteiger partial charge >= 0.3 is 5.97 Å². The van der Waals surface area contributed by atoms with Crippen LogP contribution < -0.4 is 5.73 Å². The molecule has 3 N–H and O–H groups in total. The third kappa shape index (κ3) is 2.03. The van der Waals surface area contributed by atoms with Crippen LogP contribution in [-0.4, -0.2) is 36.0 Å². The van der Waals surface area contributed by atoms with E-state index in [1.54, 1.807) is 0 Å². The number of carbonyl (C=O) groups is 1. The summed E-state index contributed by atoms with van der Waals surface area (Å²) >= 11 is 0.882. The monoisotopic (exact) mass is 262 g/mol. The normalized spacial score (nSPS) is 23.4. The van der Waals surface area contributed by atoms with Gasteiger partial charge in [-0.3, -0.25) is 0 Å². The highest BCUT2D eigenvalue weighted by Gasteiger charge is 2.33. The number of nitrogens with two attached hydrogens (primary N) is 1. The van der Waals surface area contributed by atoms with Crippen LogP contribution in [0.5, 0.6) is 0 Å². The van der Waals surface area contributed by atoms with Crippen molar-refractivity contribution in [2.45, 2.75) is 12.3 Å². The molecule has 0 aromatic carbocycles. The van der Waals surface area contributed by atoms with E-state index in [1.165, 1.54) is 0 Å². The third-order valence-electron chi connectivity index (χ3n) is 2.48. The van der Waals surface area contributed by atoms with Gasteiger partial charge in [-0.25, -0.2) is 18.2 Å². The van der Waals surface area contributed by atoms with E-state index in [0.29, 0.717) is 12.1 Å². The van der Waals surface area contributed by atoms with Gasteiger partial charge < -0.3 is 10.8 Å². The van der Waals surface area contributed by atoms with Gasteiger partial charge in [0.2, 0.25) is 0 Å². The first-order valence-electron chi connectivity index (χ1n) is 4.59. The number of nitrogen functional groups attached to an aromatic ring is 1. The number of anilines is 1. The van der Waals surface area contributed by atoms with Gasteiger partial charge in [-0.05, 0) is 6.42 Å². The summed E-state index contributed by atoms with van der Waals surface area (Å²) in [5.74, 6) is -1.37. The number of sulfone groups is 1. The van der Waals surface area contributed by atoms with Crippen LogP contribution in [0.15, 0.2) is 0 Å². The Morgan fingerprint density at radius 1 is 1.56 bits per heavy atom. The van der Waals surface area contributed by atoms with Gasteiger partial charge in [-0.15, -0.1) is 0 Å². The molecule has 88 valence electrons. The Morgan fingerprint density at radius 2 is 2.25 bits per heavy atom. The van der Waals surface area contributed by atoms with Crippen molar-refractivity contribution in [3.8, 4) is 0 Å². The van der Waals surface area contributed by atoms with Crippen LogP contribution in [0.3, 0.4) is 0 Å². The number of hydrogen-bond donors (Lipinski definition) is 2. The van der Waals surface area contributed by atoms with Crippen LogP contribution >= 0.6 is 11.3 Å². The number of aromatic nitrogens is 1. The van der Waals surface area contributed by atoms with Gasteiger partial charge in [0.25, 0.3) is 0 Å². The molecule has 2 heterocycles. The highest BCUT2D eigenvalue weighted by Crippen LogP contribution is 2.33. The van der Waals surface area contributed by atoms with Crippen molar-refractivity contribution in [2.24, 2.45) is 0 Å². The Bertz CT molecular complexity index is 534. The van der Waals surface area contributed by atoms with Crippen molar-refractivity contribution in [2.75, 3.05) is 17.2 Å². The second kappa shape index (κ2) is 3.70. The summed E-state index contributed by atoms with van der Waals surface area (Å²) in [6.45, 7) is 0. The van der Waals surface area contributed by atoms with E-state index in [-0.39, 0.29) is 27.4 Å². The topological polar surface area (TPSA) is 110 Å². The fourth-order valence-corrected chi connectivity index (χ4v) is 4.29. The van der Waals surface area contributed by atoms with Crippen LogP contribution in [0.2, 0.25) is 0 Å². The van der Waals surface area contributed by atoms with Gasteiger partial charge in [0.05, 0.1) is 17.2 Å². The fraction of sp³-hybridized carbons (Fsp3) is 0.500. The lowest BCUT2D eigenvalue weighted by molar-refractivity contribution is 0.0700. The average Bonchev–Trinajstić information content (AvgIpc) is 2.68. The van der Waals surface area contributed by atoms with E-state index in [0.717, 1.165) is 11.3 Å². The Balaban J connectivity index is 2.38. The SMILES string of the molecule is Nc1nc(C2CCS(=O)(=O)C2)c(C(=O)O)s1. The molecule has 16 heavy (non-hydrogen) atoms. The number of carboxylic acids is 1. The number of rotatable bonds is 2. The zero-order valence-electron chi connectivity index (χ0n) is 8.21. The number of nitrogens with zero attached hydrogens (tertiary/aromatic N) is 1. The maximum absolute atomic E-state index is 11.3. The summed E-state index contributed by atoms with van der Waals surface area (Å²) in [5.41, 5.74) is 5.76. The highest BCUT2D eigenvalue weighted by atomic mass is 32.2. The molecule has 0 amide bonds. The minimum atomic E-state index is -3.05. The molecule has 0 saturated carbocycles. The lowest BCUT2D eigenvalue weighted by Gasteiger charge is -2.04. The first-order chi connectivity index (χ1) is 7.39. The largest absolute Gasteiger partial charge is 0.477 e. The maximum Gasteiger partial charge on any atom is 0.347 e. The van der Waals surface area contributed by atoms with Gasteiger partial charge in [-0.1, -0.05) is 11.3 Å². The Labute approximate surface area is 96.0 Å². The Morgan fingerprint density at radius 3 is 2.75 bits per heavy atom. The zero-order valence-corrected chi connectivity index (χ0v) is 9.84. The predicted octanol–water partition coefficient (Wildman–Crippen LogP) is 0.326. The maximum atomic E-state index is 11.3. The summed E-state index contributed by atoms with van der Waals surface area (Å²) < 4.78 is 22.6. The number of carboxylic acid groups (broad SMARTS) is 1. The van der Waals surface area contributed by atoms with Crippen LogP contribution in [0.1, 0.15) is 27.7 Å². The minimum Gasteiger partial charge on any atom is -0.477 e. The number of thiazole rings is 1. The molecule has 8 heteroatoms. The molecule has 1 aromatic heterocycles. The second-order valence-electron chi connectivity index (χ2n) is 3.67. The Hall–Kier alpha value is -1.15. The van der Waals surface area contributed by atoms with Gasteiger partial charge in [0.15, 0.2) is 15.0 Å². The molecule has 2 rings (SSSR count). The number of aromatic carboxylic acids is 1. The second-order valence-corrected chi connectivity index (χ2v) is 6.93. The van der Waals surface area contributed by atoms with E-state index < -0.39 is 15.8 Å². The molecule has 0 spiro atoms. The molecule has 0 radical (unpaired) electrons. The molecule has 0 bridgehead atoms. The smallest absolute Gasteiger partial charge is 0.347 e. The number of hydrogen-bond acceptors (Lipinski definition) is 6. The standard InChI is InChI=1S/C8H10N2O4S2/c9-8-10-5(6(15-8)7(11)12)4-1-2-16(13,14)3-4/h4H,1-3H2,(H2,9,10)(H,11,12). The predicted molar refractivity (Wildman–Crippen MR) is 59.5 cm³/mol. The van der Waals surface area contributed by atoms with Crippen LogP contribution in [0, 0.1) is 0 Å². The first-order valence-corrected chi connectivity index (χ1v) is 7.23. The van der Waals surface area contributed by atoms with Crippen molar-refractivity contribution >= 4 is 32.3 Å². The van der Waals surface area contributed by atoms with Crippen molar-refractivity contribution in [3.05, 3.63) is 10.6 Å². The third-order valence-corrected chi connectivity index (χ3v) is 5.14. The molecule has 0 aliphatic carbocycles. The van der Waals surface area contributed by atoms with Crippen LogP contribution in [0.25, 0.3) is 0 Å². The van der Waals surface area contributed by atoms with Crippen molar-refractivity contribution in [1.29, 1.82) is 0 Å². The first kappa shape index (κ1) is 11.3. The summed E-state index contributed by atoms with van der Waals surface area (Å²) in [4.78, 5) is 14.9. The summed E-state index contributed by atoms with van der Waals surface area (Å²) in [7, 11) is -3.05. The fourth-order valence-electron chi connectivity index (χ4n) is 1.79. The van der Waals surface area contributed by atoms with Gasteiger partial charge in [-0.2, -0.15) is 0 Å². The molecule has 1 fully saturated rings. The van der Waals surface area contributed by atoms with E-state index in [1.807, 2.05) is 0 Å². The molecule has 1 saturated heterocycles. The Kier molecular flexibility index (Phi) is 2.62. The average molecular weight is 262 g/mol. The van der Waals surface area contributed by atoms with Crippen molar-refractivity contribution < 1.29 is 18.3 Å². The lowest BCUT2D eigenvalue weighted by atomic mass is 10.0. The molecular weight excluding hydrogens is 252 g/mol. The zero-order chi connectivity index (χ0) is 11.9. The van der Waals surface area contributed by atoms with Crippen LogP contribution in [0.4, 0.5) is 5.13 Å². The molecule has 1 aliphatic rings. The summed E-state index contributed by atoms with van der Waals surface area (Å²) in [6.07, 6.45) is 0.422. The lowest BCUT2D eigenvalue weighted by Crippen LogP contribution is -2.08. The summed E-state index contributed by atoms with van der Waals surface area (Å²) in [5, 5.41) is 9.10. The van der Waals surface area contributed by atoms with Crippen LogP contribution in [-0.2, 0) is 9.84 Å². The minimum absolute atomic E-state index is 0.0313. The van der Waals surface area contributed by atoms with E-state index in [4.69, 9.17) is 10.8 Å². The molecular formula is C8H10N2O4S2. The van der Waals surface area contributed by atoms with E-state index in [9.17, 15) is 13.2 Å². The molecule has 1 atom stereocenters. The summed E-state index contributed by atoms with van der Waals surface area (Å²) in [6, 6.07) is 0. The quantitative estimate of drug-likeness (QED) is 0.794. The highest BCUT2D eigenvalue weighted by molar-refractivity contribution is 7.91. The van der Waals surface area contributed by atoms with Gasteiger partial charge in [0.1, 0.15) is 4.88 Å².